The van der Waals surface area contributed by atoms with Crippen molar-refractivity contribution in [3.05, 3.63) is 102 Å². The molecule has 0 amide bonds. The van der Waals surface area contributed by atoms with Crippen LogP contribution in [0.15, 0.2) is 91.3 Å². The molecule has 1 heterocycles. The van der Waals surface area contributed by atoms with Gasteiger partial charge in [-0.3, -0.25) is 0 Å². The first kappa shape index (κ1) is 15.5. The van der Waals surface area contributed by atoms with Gasteiger partial charge in [-0.25, -0.2) is 0 Å². The number of aromatic nitrogens is 1. The van der Waals surface area contributed by atoms with E-state index in [4.69, 9.17) is 0 Å². The van der Waals surface area contributed by atoms with Gasteiger partial charge in [0.15, 0.2) is 0 Å². The highest BCUT2D eigenvalue weighted by Crippen LogP contribution is 2.34. The van der Waals surface area contributed by atoms with Gasteiger partial charge in [-0.05, 0) is 36.6 Å². The van der Waals surface area contributed by atoms with Crippen molar-refractivity contribution < 1.29 is 0 Å². The first-order chi connectivity index (χ1) is 12.2. The maximum atomic E-state index is 2.25. The second-order valence-electron chi connectivity index (χ2n) is 6.51. The Balaban J connectivity index is 1.92. The molecular formula is C24H21N. The van der Waals surface area contributed by atoms with Gasteiger partial charge in [0.2, 0.25) is 0 Å². The lowest BCUT2D eigenvalue weighted by Gasteiger charge is -2.08. The maximum absolute atomic E-state index is 2.25. The minimum absolute atomic E-state index is 1.23. The van der Waals surface area contributed by atoms with Gasteiger partial charge in [-0.15, -0.1) is 0 Å². The Bertz CT molecular complexity index is 938. The predicted octanol–water partition coefficient (Wildman–Crippen LogP) is 6.43. The summed E-state index contributed by atoms with van der Waals surface area (Å²) in [5, 5.41) is 0. The van der Waals surface area contributed by atoms with Crippen LogP contribution in [0.1, 0.15) is 11.1 Å². The Hall–Kier alpha value is -3.06. The number of benzene rings is 3. The zero-order valence-electron chi connectivity index (χ0n) is 14.6. The lowest BCUT2D eigenvalue weighted by atomic mass is 9.99. The Morgan fingerprint density at radius 3 is 1.60 bits per heavy atom. The summed E-state index contributed by atoms with van der Waals surface area (Å²) in [6.45, 7) is 4.31. The number of nitrogens with zero attached hydrogens (tertiary/aromatic N) is 1. The molecule has 0 unspecified atom stereocenters. The molecule has 4 aromatic rings. The fourth-order valence-electron chi connectivity index (χ4n) is 3.38. The SMILES string of the molecule is Cc1ccc(-n2cc(-c3ccccc3)c(-c3ccccc3)c2)c(C)c1. The molecule has 0 aliphatic rings. The average molecular weight is 323 g/mol. The van der Waals surface area contributed by atoms with Crippen molar-refractivity contribution in [2.75, 3.05) is 0 Å². The molecule has 1 aromatic heterocycles. The van der Waals surface area contributed by atoms with Gasteiger partial charge in [-0.1, -0.05) is 78.4 Å². The van der Waals surface area contributed by atoms with Crippen molar-refractivity contribution in [2.45, 2.75) is 13.8 Å². The summed E-state index contributed by atoms with van der Waals surface area (Å²) in [5.74, 6) is 0. The molecule has 3 aromatic carbocycles. The quantitative estimate of drug-likeness (QED) is 0.409. The Kier molecular flexibility index (Phi) is 3.99. The Morgan fingerprint density at radius 2 is 1.12 bits per heavy atom. The normalized spacial score (nSPS) is 10.8. The highest BCUT2D eigenvalue weighted by atomic mass is 15.0. The zero-order valence-corrected chi connectivity index (χ0v) is 14.6. The van der Waals surface area contributed by atoms with Crippen molar-refractivity contribution in [3.63, 3.8) is 0 Å². The molecule has 0 atom stereocenters. The topological polar surface area (TPSA) is 4.93 Å². The molecule has 0 spiro atoms. The van der Waals surface area contributed by atoms with E-state index < -0.39 is 0 Å². The summed E-state index contributed by atoms with van der Waals surface area (Å²) >= 11 is 0. The summed E-state index contributed by atoms with van der Waals surface area (Å²) < 4.78 is 2.25. The van der Waals surface area contributed by atoms with Crippen LogP contribution in [0.25, 0.3) is 27.9 Å². The van der Waals surface area contributed by atoms with E-state index in [1.54, 1.807) is 0 Å². The van der Waals surface area contributed by atoms with Crippen LogP contribution in [-0.2, 0) is 0 Å². The third-order valence-electron chi connectivity index (χ3n) is 4.63. The molecule has 4 rings (SSSR count). The summed E-state index contributed by atoms with van der Waals surface area (Å²) in [4.78, 5) is 0. The third kappa shape index (κ3) is 3.01. The van der Waals surface area contributed by atoms with Crippen LogP contribution in [0.5, 0.6) is 0 Å². The van der Waals surface area contributed by atoms with E-state index >= 15 is 0 Å². The van der Waals surface area contributed by atoms with E-state index in [0.717, 1.165) is 0 Å². The Labute approximate surface area is 149 Å². The van der Waals surface area contributed by atoms with Crippen LogP contribution >= 0.6 is 0 Å². The van der Waals surface area contributed by atoms with Gasteiger partial charge in [0.25, 0.3) is 0 Å². The molecule has 0 aliphatic heterocycles. The molecule has 0 saturated heterocycles. The molecule has 0 bridgehead atoms. The molecule has 1 nitrogen and oxygen atoms in total. The fraction of sp³-hybridized carbons (Fsp3) is 0.0833. The number of hydrogen-bond acceptors (Lipinski definition) is 0. The van der Waals surface area contributed by atoms with Crippen molar-refractivity contribution in [3.8, 4) is 27.9 Å². The van der Waals surface area contributed by atoms with Gasteiger partial charge < -0.3 is 4.57 Å². The van der Waals surface area contributed by atoms with E-state index in [1.165, 1.54) is 39.1 Å². The highest BCUT2D eigenvalue weighted by Gasteiger charge is 2.12. The number of hydrogen-bond donors (Lipinski definition) is 0. The largest absolute Gasteiger partial charge is 0.322 e. The van der Waals surface area contributed by atoms with Gasteiger partial charge in [0, 0.05) is 29.2 Å². The van der Waals surface area contributed by atoms with Gasteiger partial charge >= 0.3 is 0 Å². The van der Waals surface area contributed by atoms with Gasteiger partial charge in [-0.2, -0.15) is 0 Å². The molecule has 0 saturated carbocycles. The lowest BCUT2D eigenvalue weighted by Crippen LogP contribution is -1.93. The first-order valence-electron chi connectivity index (χ1n) is 8.63. The molecule has 0 N–H and O–H groups in total. The number of aryl methyl sites for hydroxylation is 2. The molecule has 0 fully saturated rings. The van der Waals surface area contributed by atoms with Crippen molar-refractivity contribution in [2.24, 2.45) is 0 Å². The maximum Gasteiger partial charge on any atom is 0.0479 e. The summed E-state index contributed by atoms with van der Waals surface area (Å²) in [6.07, 6.45) is 4.49. The van der Waals surface area contributed by atoms with E-state index in [2.05, 4.69) is 110 Å². The third-order valence-corrected chi connectivity index (χ3v) is 4.63. The lowest BCUT2D eigenvalue weighted by molar-refractivity contribution is 1.06. The molecule has 0 radical (unpaired) electrons. The van der Waals surface area contributed by atoms with Gasteiger partial charge in [0.1, 0.15) is 0 Å². The second kappa shape index (κ2) is 6.45. The van der Waals surface area contributed by atoms with Crippen LogP contribution < -0.4 is 0 Å². The smallest absolute Gasteiger partial charge is 0.0479 e. The average Bonchev–Trinajstić information content (AvgIpc) is 3.08. The molecule has 1 heteroatoms. The molecular weight excluding hydrogens is 302 g/mol. The zero-order chi connectivity index (χ0) is 17.2. The summed E-state index contributed by atoms with van der Waals surface area (Å²) in [5.41, 5.74) is 8.80. The van der Waals surface area contributed by atoms with Crippen LogP contribution in [0, 0.1) is 13.8 Å². The summed E-state index contributed by atoms with van der Waals surface area (Å²) in [6, 6.07) is 27.8. The standard InChI is InChI=1S/C24H21N/c1-18-13-14-24(19(2)15-18)25-16-22(20-9-5-3-6-10-20)23(17-25)21-11-7-4-8-12-21/h3-17H,1-2H3. The number of rotatable bonds is 3. The van der Waals surface area contributed by atoms with Crippen LogP contribution in [0.3, 0.4) is 0 Å². The second-order valence-corrected chi connectivity index (χ2v) is 6.51. The highest BCUT2D eigenvalue weighted by molar-refractivity contribution is 5.83. The van der Waals surface area contributed by atoms with Crippen LogP contribution in [0.4, 0.5) is 0 Å². The Morgan fingerprint density at radius 1 is 0.600 bits per heavy atom. The van der Waals surface area contributed by atoms with E-state index in [1.807, 2.05) is 0 Å². The minimum Gasteiger partial charge on any atom is -0.322 e. The predicted molar refractivity (Wildman–Crippen MR) is 106 cm³/mol. The van der Waals surface area contributed by atoms with Crippen LogP contribution in [0.2, 0.25) is 0 Å². The minimum atomic E-state index is 1.23. The van der Waals surface area contributed by atoms with Crippen LogP contribution in [-0.4, -0.2) is 4.57 Å². The fourth-order valence-corrected chi connectivity index (χ4v) is 3.38. The summed E-state index contributed by atoms with van der Waals surface area (Å²) in [7, 11) is 0. The molecule has 25 heavy (non-hydrogen) atoms. The monoisotopic (exact) mass is 323 g/mol. The van der Waals surface area contributed by atoms with Crippen molar-refractivity contribution in [1.82, 2.24) is 4.57 Å². The van der Waals surface area contributed by atoms with Gasteiger partial charge in [0.05, 0.1) is 0 Å². The molecule has 0 aliphatic carbocycles. The van der Waals surface area contributed by atoms with Crippen molar-refractivity contribution >= 4 is 0 Å². The first-order valence-corrected chi connectivity index (χ1v) is 8.63. The molecule has 122 valence electrons. The van der Waals surface area contributed by atoms with E-state index in [9.17, 15) is 0 Å². The van der Waals surface area contributed by atoms with E-state index in [-0.39, 0.29) is 0 Å². The van der Waals surface area contributed by atoms with E-state index in [0.29, 0.717) is 0 Å². The van der Waals surface area contributed by atoms with Crippen molar-refractivity contribution in [1.29, 1.82) is 0 Å².